The van der Waals surface area contributed by atoms with Crippen LogP contribution in [-0.2, 0) is 6.54 Å². The summed E-state index contributed by atoms with van der Waals surface area (Å²) in [6, 6.07) is 4.46. The van der Waals surface area contributed by atoms with E-state index in [-0.39, 0.29) is 27.5 Å². The smallest absolute Gasteiger partial charge is 0.263 e. The molecule has 0 unspecified atom stereocenters. The van der Waals surface area contributed by atoms with Crippen molar-refractivity contribution < 1.29 is 22.4 Å². The highest BCUT2D eigenvalue weighted by molar-refractivity contribution is 7.22. The number of thiazole rings is 1. The standard InChI is InChI=1S/C20H14F4N4OS/c21-12-2-3-14(15(23)8-12)19(29)28(6-1-5-27-7-4-25-11-27)20-26-18-16(24)9-13(22)10-17(18)30-20/h2-4,7-11H,1,5-6H2. The zero-order chi connectivity index (χ0) is 21.3. The molecule has 0 radical (unpaired) electrons. The van der Waals surface area contributed by atoms with Gasteiger partial charge >= 0.3 is 0 Å². The van der Waals surface area contributed by atoms with Crippen molar-refractivity contribution in [2.45, 2.75) is 13.0 Å². The first-order valence-corrected chi connectivity index (χ1v) is 9.72. The molecule has 2 aromatic carbocycles. The van der Waals surface area contributed by atoms with Gasteiger partial charge in [0.1, 0.15) is 23.0 Å². The topological polar surface area (TPSA) is 51.0 Å². The first-order valence-electron chi connectivity index (χ1n) is 8.90. The predicted octanol–water partition coefficient (Wildman–Crippen LogP) is 4.79. The second-order valence-corrected chi connectivity index (χ2v) is 7.47. The Morgan fingerprint density at radius 3 is 2.60 bits per heavy atom. The minimum Gasteiger partial charge on any atom is -0.337 e. The molecule has 0 bridgehead atoms. The third kappa shape index (κ3) is 4.04. The van der Waals surface area contributed by atoms with Gasteiger partial charge in [-0.1, -0.05) is 11.3 Å². The van der Waals surface area contributed by atoms with Crippen molar-refractivity contribution in [2.24, 2.45) is 0 Å². The van der Waals surface area contributed by atoms with Crippen molar-refractivity contribution >= 4 is 32.6 Å². The summed E-state index contributed by atoms with van der Waals surface area (Å²) in [6.45, 7) is 0.640. The average Bonchev–Trinajstić information content (AvgIpc) is 3.34. The SMILES string of the molecule is O=C(c1ccc(F)cc1F)N(CCCn1ccnc1)c1nc2c(F)cc(F)cc2s1. The average molecular weight is 434 g/mol. The summed E-state index contributed by atoms with van der Waals surface area (Å²) >= 11 is 0.912. The van der Waals surface area contributed by atoms with Crippen LogP contribution < -0.4 is 4.90 Å². The third-order valence-corrected chi connectivity index (χ3v) is 5.42. The Balaban J connectivity index is 1.69. The van der Waals surface area contributed by atoms with Gasteiger partial charge < -0.3 is 4.57 Å². The zero-order valence-corrected chi connectivity index (χ0v) is 16.2. The van der Waals surface area contributed by atoms with E-state index in [4.69, 9.17) is 0 Å². The summed E-state index contributed by atoms with van der Waals surface area (Å²) in [5.74, 6) is -4.20. The Bertz CT molecular complexity index is 1210. The summed E-state index contributed by atoms with van der Waals surface area (Å²) in [7, 11) is 0. The maximum atomic E-state index is 14.2. The van der Waals surface area contributed by atoms with Crippen LogP contribution in [0.15, 0.2) is 49.1 Å². The maximum Gasteiger partial charge on any atom is 0.263 e. The van der Waals surface area contributed by atoms with E-state index in [0.717, 1.165) is 29.5 Å². The van der Waals surface area contributed by atoms with Crippen molar-refractivity contribution in [3.63, 3.8) is 0 Å². The number of amides is 1. The third-order valence-electron chi connectivity index (χ3n) is 4.40. The van der Waals surface area contributed by atoms with Crippen LogP contribution >= 0.6 is 11.3 Å². The van der Waals surface area contributed by atoms with Gasteiger partial charge in [0.05, 0.1) is 16.6 Å². The lowest BCUT2D eigenvalue weighted by Crippen LogP contribution is -2.33. The quantitative estimate of drug-likeness (QED) is 0.410. The number of imidazole rings is 1. The van der Waals surface area contributed by atoms with Gasteiger partial charge in [0.15, 0.2) is 10.9 Å². The highest BCUT2D eigenvalue weighted by atomic mass is 32.1. The van der Waals surface area contributed by atoms with Gasteiger partial charge in [0.25, 0.3) is 5.91 Å². The Labute approximate surface area is 172 Å². The first kappa shape index (κ1) is 20.0. The van der Waals surface area contributed by atoms with Crippen molar-refractivity contribution in [3.05, 3.63) is 77.9 Å². The second-order valence-electron chi connectivity index (χ2n) is 6.47. The fourth-order valence-corrected chi connectivity index (χ4v) is 4.01. The van der Waals surface area contributed by atoms with Crippen LogP contribution in [0.3, 0.4) is 0 Å². The molecule has 5 nitrogen and oxygen atoms in total. The molecule has 30 heavy (non-hydrogen) atoms. The van der Waals surface area contributed by atoms with E-state index >= 15 is 0 Å². The molecule has 0 atom stereocenters. The van der Waals surface area contributed by atoms with E-state index in [9.17, 15) is 22.4 Å². The lowest BCUT2D eigenvalue weighted by atomic mass is 10.2. The van der Waals surface area contributed by atoms with E-state index in [2.05, 4.69) is 9.97 Å². The van der Waals surface area contributed by atoms with Crippen molar-refractivity contribution in [3.8, 4) is 0 Å². The van der Waals surface area contributed by atoms with Crippen LogP contribution in [0.5, 0.6) is 0 Å². The molecule has 0 aliphatic rings. The zero-order valence-electron chi connectivity index (χ0n) is 15.4. The number of rotatable bonds is 6. The van der Waals surface area contributed by atoms with Gasteiger partial charge in [-0.2, -0.15) is 0 Å². The van der Waals surface area contributed by atoms with E-state index in [1.165, 1.54) is 4.90 Å². The molecule has 0 spiro atoms. The number of halogens is 4. The lowest BCUT2D eigenvalue weighted by Gasteiger charge is -2.20. The summed E-state index contributed by atoms with van der Waals surface area (Å²) in [6.07, 6.45) is 5.43. The predicted molar refractivity (Wildman–Crippen MR) is 104 cm³/mol. The molecule has 4 aromatic rings. The van der Waals surface area contributed by atoms with Crippen LogP contribution in [0.25, 0.3) is 10.2 Å². The fourth-order valence-electron chi connectivity index (χ4n) is 2.98. The number of anilines is 1. The number of carbonyl (C=O) groups is 1. The number of benzene rings is 2. The van der Waals surface area contributed by atoms with Crippen molar-refractivity contribution in [1.82, 2.24) is 14.5 Å². The molecule has 0 N–H and O–H groups in total. The Kier molecular flexibility index (Phi) is 5.49. The van der Waals surface area contributed by atoms with Gasteiger partial charge in [-0.3, -0.25) is 9.69 Å². The van der Waals surface area contributed by atoms with Crippen molar-refractivity contribution in [1.29, 1.82) is 0 Å². The summed E-state index contributed by atoms with van der Waals surface area (Å²) in [5, 5.41) is 0.0915. The molecule has 0 fully saturated rings. The number of fused-ring (bicyclic) bond motifs is 1. The number of nitrogens with zero attached hydrogens (tertiary/aromatic N) is 4. The molecule has 0 saturated heterocycles. The highest BCUT2D eigenvalue weighted by Gasteiger charge is 2.25. The van der Waals surface area contributed by atoms with Crippen LogP contribution in [0.2, 0.25) is 0 Å². The number of hydrogen-bond donors (Lipinski definition) is 0. The minimum atomic E-state index is -1.02. The van der Waals surface area contributed by atoms with Gasteiger partial charge in [-0.25, -0.2) is 27.5 Å². The Morgan fingerprint density at radius 1 is 1.07 bits per heavy atom. The normalized spacial score (nSPS) is 11.2. The molecule has 10 heteroatoms. The summed E-state index contributed by atoms with van der Waals surface area (Å²) < 4.78 is 57.1. The first-order chi connectivity index (χ1) is 14.4. The number of aromatic nitrogens is 3. The molecule has 0 aliphatic heterocycles. The van der Waals surface area contributed by atoms with Crippen LogP contribution in [-0.4, -0.2) is 27.0 Å². The van der Waals surface area contributed by atoms with E-state index < -0.39 is 29.2 Å². The highest BCUT2D eigenvalue weighted by Crippen LogP contribution is 2.32. The molecule has 0 aliphatic carbocycles. The van der Waals surface area contributed by atoms with E-state index in [1.807, 2.05) is 0 Å². The largest absolute Gasteiger partial charge is 0.337 e. The second kappa shape index (κ2) is 8.23. The minimum absolute atomic E-state index is 0.0802. The monoisotopic (exact) mass is 434 g/mol. The molecule has 4 rings (SSSR count). The molecular formula is C20H14F4N4OS. The number of aryl methyl sites for hydroxylation is 1. The Morgan fingerprint density at radius 2 is 1.87 bits per heavy atom. The van der Waals surface area contributed by atoms with Crippen LogP contribution in [0, 0.1) is 23.3 Å². The molecular weight excluding hydrogens is 420 g/mol. The molecule has 154 valence electrons. The number of carbonyl (C=O) groups excluding carboxylic acids is 1. The molecule has 1 amide bonds. The molecule has 2 aromatic heterocycles. The number of hydrogen-bond acceptors (Lipinski definition) is 4. The van der Waals surface area contributed by atoms with Gasteiger partial charge in [0.2, 0.25) is 0 Å². The molecule has 0 saturated carbocycles. The summed E-state index contributed by atoms with van der Waals surface area (Å²) in [4.78, 5) is 22.3. The maximum absolute atomic E-state index is 14.2. The summed E-state index contributed by atoms with van der Waals surface area (Å²) in [5.41, 5.74) is -0.423. The van der Waals surface area contributed by atoms with Crippen LogP contribution in [0.1, 0.15) is 16.8 Å². The Hall–Kier alpha value is -3.27. The van der Waals surface area contributed by atoms with Gasteiger partial charge in [0, 0.05) is 37.6 Å². The van der Waals surface area contributed by atoms with Crippen LogP contribution in [0.4, 0.5) is 22.7 Å². The van der Waals surface area contributed by atoms with Gasteiger partial charge in [-0.05, 0) is 24.6 Å². The van der Waals surface area contributed by atoms with E-state index in [0.29, 0.717) is 25.1 Å². The molecule has 2 heterocycles. The van der Waals surface area contributed by atoms with Crippen molar-refractivity contribution in [2.75, 3.05) is 11.4 Å². The lowest BCUT2D eigenvalue weighted by molar-refractivity contribution is 0.0982. The van der Waals surface area contributed by atoms with E-state index in [1.54, 1.807) is 23.3 Å². The van der Waals surface area contributed by atoms with Gasteiger partial charge in [-0.15, -0.1) is 0 Å². The fraction of sp³-hybridized carbons (Fsp3) is 0.150.